The van der Waals surface area contributed by atoms with Crippen LogP contribution in [-0.2, 0) is 0 Å². The third kappa shape index (κ3) is 1.16. The maximum absolute atomic E-state index is 10.6. The molecule has 1 aromatic carbocycles. The molecule has 2 heteroatoms. The third-order valence-corrected chi connectivity index (χ3v) is 1.23. The topological polar surface area (TPSA) is 43.1 Å². The maximum Gasteiger partial charge on any atom is 0.248 e. The monoisotopic (exact) mass is 133 g/mol. The van der Waals surface area contributed by atoms with Crippen LogP contribution in [0.25, 0.3) is 0 Å². The zero-order valence-electron chi connectivity index (χ0n) is 5.37. The first-order chi connectivity index (χ1) is 4.72. The van der Waals surface area contributed by atoms with Crippen molar-refractivity contribution in [3.63, 3.8) is 0 Å². The Hall–Kier alpha value is -1.31. The summed E-state index contributed by atoms with van der Waals surface area (Å²) in [5.41, 5.74) is 5.80. The minimum absolute atomic E-state index is 0.377. The Morgan fingerprint density at radius 2 is 2.00 bits per heavy atom. The van der Waals surface area contributed by atoms with Crippen LogP contribution in [0, 0.1) is 6.92 Å². The van der Waals surface area contributed by atoms with E-state index in [-0.39, 0.29) is 0 Å². The van der Waals surface area contributed by atoms with Crippen molar-refractivity contribution < 1.29 is 4.79 Å². The van der Waals surface area contributed by atoms with Gasteiger partial charge in [0.1, 0.15) is 0 Å². The van der Waals surface area contributed by atoms with Gasteiger partial charge in [0, 0.05) is 5.56 Å². The van der Waals surface area contributed by atoms with E-state index in [0.717, 1.165) is 0 Å². The molecular formula is C8H7NO. The molecule has 2 nitrogen and oxygen atoms in total. The highest BCUT2D eigenvalue weighted by atomic mass is 16.1. The van der Waals surface area contributed by atoms with E-state index < -0.39 is 5.91 Å². The number of amides is 1. The van der Waals surface area contributed by atoms with Gasteiger partial charge in [-0.3, -0.25) is 4.79 Å². The number of rotatable bonds is 1. The molecular weight excluding hydrogens is 126 g/mol. The maximum atomic E-state index is 10.6. The predicted octanol–water partition coefficient (Wildman–Crippen LogP) is 0.845. The molecule has 1 amide bonds. The predicted molar refractivity (Wildman–Crippen MR) is 38.4 cm³/mol. The summed E-state index contributed by atoms with van der Waals surface area (Å²) in [5.74, 6) is -0.488. The van der Waals surface area contributed by atoms with Crippen LogP contribution in [0.15, 0.2) is 24.3 Å². The summed E-state index contributed by atoms with van der Waals surface area (Å²) < 4.78 is 0. The largest absolute Gasteiger partial charge is 0.366 e. The van der Waals surface area contributed by atoms with Crippen molar-refractivity contribution in [2.24, 2.45) is 5.73 Å². The van der Waals surface area contributed by atoms with Gasteiger partial charge in [0.05, 0.1) is 0 Å². The molecule has 10 heavy (non-hydrogen) atoms. The van der Waals surface area contributed by atoms with Crippen molar-refractivity contribution in [3.8, 4) is 0 Å². The van der Waals surface area contributed by atoms with Gasteiger partial charge < -0.3 is 5.73 Å². The number of nitrogens with two attached hydrogens (primary N) is 1. The fourth-order valence-corrected chi connectivity index (χ4v) is 0.721. The standard InChI is InChI=1S/C8H7NO/c1-6-4-2-3-5-7(6)8(9)10/h1-5H,(H2,9,10). The highest BCUT2D eigenvalue weighted by Crippen LogP contribution is 2.04. The van der Waals surface area contributed by atoms with Gasteiger partial charge in [0.2, 0.25) is 5.91 Å². The Bertz CT molecular complexity index is 255. The molecule has 1 rings (SSSR count). The van der Waals surface area contributed by atoms with Crippen molar-refractivity contribution in [1.29, 1.82) is 0 Å². The average Bonchev–Trinajstić information content (AvgIpc) is 1.88. The Balaban J connectivity index is 3.15. The molecule has 0 atom stereocenters. The molecule has 2 N–H and O–H groups in total. The summed E-state index contributed by atoms with van der Waals surface area (Å²) in [6, 6.07) is 6.70. The van der Waals surface area contributed by atoms with E-state index in [0.29, 0.717) is 11.1 Å². The summed E-state index contributed by atoms with van der Waals surface area (Å²) >= 11 is 0. The molecule has 0 unspecified atom stereocenters. The summed E-state index contributed by atoms with van der Waals surface area (Å²) in [4.78, 5) is 10.6. The van der Waals surface area contributed by atoms with Gasteiger partial charge in [-0.05, 0) is 18.6 Å². The number of carbonyl (C=O) groups is 1. The van der Waals surface area contributed by atoms with Crippen LogP contribution in [0.3, 0.4) is 0 Å². The van der Waals surface area contributed by atoms with E-state index in [4.69, 9.17) is 12.7 Å². The molecule has 0 bridgehead atoms. The van der Waals surface area contributed by atoms with Crippen LogP contribution in [0.2, 0.25) is 0 Å². The molecule has 0 heterocycles. The lowest BCUT2D eigenvalue weighted by molar-refractivity contribution is 0.1000. The third-order valence-electron chi connectivity index (χ3n) is 1.23. The number of hydrogen-bond donors (Lipinski definition) is 1. The lowest BCUT2D eigenvalue weighted by atomic mass is 10.1. The Morgan fingerprint density at radius 1 is 1.40 bits per heavy atom. The minimum Gasteiger partial charge on any atom is -0.366 e. The SMILES string of the molecule is [CH]c1ccccc1C(N)=O. The summed E-state index contributed by atoms with van der Waals surface area (Å²) in [7, 11) is 0. The van der Waals surface area contributed by atoms with E-state index in [9.17, 15) is 4.79 Å². The fraction of sp³-hybridized carbons (Fsp3) is 0. The van der Waals surface area contributed by atoms with Crippen LogP contribution < -0.4 is 5.73 Å². The smallest absolute Gasteiger partial charge is 0.248 e. The first-order valence-corrected chi connectivity index (χ1v) is 2.86. The molecule has 1 aromatic rings. The van der Waals surface area contributed by atoms with E-state index in [1.54, 1.807) is 24.3 Å². The first kappa shape index (κ1) is 6.81. The highest BCUT2D eigenvalue weighted by Gasteiger charge is 2.00. The van der Waals surface area contributed by atoms with Gasteiger partial charge in [0.15, 0.2) is 0 Å². The normalized spacial score (nSPS) is 9.30. The second-order valence-electron chi connectivity index (χ2n) is 1.95. The molecule has 0 fully saturated rings. The Kier molecular flexibility index (Phi) is 1.71. The van der Waals surface area contributed by atoms with Crippen molar-refractivity contribution in [2.75, 3.05) is 0 Å². The van der Waals surface area contributed by atoms with Crippen LogP contribution >= 0.6 is 0 Å². The molecule has 0 aromatic heterocycles. The van der Waals surface area contributed by atoms with Gasteiger partial charge in [-0.2, -0.15) is 0 Å². The van der Waals surface area contributed by atoms with Gasteiger partial charge in [-0.25, -0.2) is 0 Å². The lowest BCUT2D eigenvalue weighted by Gasteiger charge is -1.97. The zero-order chi connectivity index (χ0) is 7.56. The molecule has 50 valence electrons. The highest BCUT2D eigenvalue weighted by molar-refractivity contribution is 5.94. The number of primary amides is 1. The average molecular weight is 133 g/mol. The second kappa shape index (κ2) is 2.52. The van der Waals surface area contributed by atoms with Gasteiger partial charge in [-0.1, -0.05) is 18.2 Å². The van der Waals surface area contributed by atoms with Crippen molar-refractivity contribution in [2.45, 2.75) is 0 Å². The summed E-state index contributed by atoms with van der Waals surface area (Å²) in [6.45, 7) is 5.42. The van der Waals surface area contributed by atoms with Crippen LogP contribution in [0.1, 0.15) is 15.9 Å². The number of benzene rings is 1. The minimum atomic E-state index is -0.488. The van der Waals surface area contributed by atoms with Crippen LogP contribution in [0.5, 0.6) is 0 Å². The molecule has 0 aliphatic heterocycles. The van der Waals surface area contributed by atoms with Crippen LogP contribution in [0.4, 0.5) is 0 Å². The van der Waals surface area contributed by atoms with E-state index in [1.165, 1.54) is 0 Å². The summed E-state index contributed by atoms with van der Waals surface area (Å²) in [6.07, 6.45) is 0. The number of carbonyl (C=O) groups excluding carboxylic acids is 1. The summed E-state index contributed by atoms with van der Waals surface area (Å²) in [5, 5.41) is 0. The lowest BCUT2D eigenvalue weighted by Crippen LogP contribution is -2.12. The molecule has 2 radical (unpaired) electrons. The Labute approximate surface area is 59.7 Å². The van der Waals surface area contributed by atoms with Crippen molar-refractivity contribution >= 4 is 5.91 Å². The van der Waals surface area contributed by atoms with Crippen LogP contribution in [-0.4, -0.2) is 5.91 Å². The molecule has 0 aliphatic rings. The fourth-order valence-electron chi connectivity index (χ4n) is 0.721. The quantitative estimate of drug-likeness (QED) is 0.606. The van der Waals surface area contributed by atoms with E-state index in [2.05, 4.69) is 0 Å². The van der Waals surface area contributed by atoms with Crippen molar-refractivity contribution in [1.82, 2.24) is 0 Å². The van der Waals surface area contributed by atoms with Gasteiger partial charge in [-0.15, -0.1) is 0 Å². The zero-order valence-corrected chi connectivity index (χ0v) is 5.37. The first-order valence-electron chi connectivity index (χ1n) is 2.86. The van der Waals surface area contributed by atoms with Crippen molar-refractivity contribution in [3.05, 3.63) is 42.3 Å². The molecule has 0 saturated carbocycles. The van der Waals surface area contributed by atoms with E-state index >= 15 is 0 Å². The molecule has 0 spiro atoms. The molecule has 0 aliphatic carbocycles. The van der Waals surface area contributed by atoms with Gasteiger partial charge in [0.25, 0.3) is 0 Å². The molecule has 0 saturated heterocycles. The number of hydrogen-bond acceptors (Lipinski definition) is 1. The second-order valence-corrected chi connectivity index (χ2v) is 1.95. The van der Waals surface area contributed by atoms with Gasteiger partial charge >= 0.3 is 0 Å². The van der Waals surface area contributed by atoms with E-state index in [1.807, 2.05) is 0 Å². The Morgan fingerprint density at radius 3 is 2.40 bits per heavy atom.